The van der Waals surface area contributed by atoms with Gasteiger partial charge < -0.3 is 4.98 Å². The SMILES string of the molecule is CC(=O)Cc1ccc2c(Br)c[nH]c2c1. The fourth-order valence-electron chi connectivity index (χ4n) is 1.54. The minimum atomic E-state index is 0.190. The molecule has 1 aromatic carbocycles. The topological polar surface area (TPSA) is 32.9 Å². The summed E-state index contributed by atoms with van der Waals surface area (Å²) in [5.74, 6) is 0.190. The summed E-state index contributed by atoms with van der Waals surface area (Å²) in [6.45, 7) is 1.61. The van der Waals surface area contributed by atoms with Gasteiger partial charge in [0.1, 0.15) is 5.78 Å². The van der Waals surface area contributed by atoms with Gasteiger partial charge >= 0.3 is 0 Å². The van der Waals surface area contributed by atoms with Crippen LogP contribution in [0.25, 0.3) is 10.9 Å². The number of hydrogen-bond acceptors (Lipinski definition) is 1. The summed E-state index contributed by atoms with van der Waals surface area (Å²) in [6.07, 6.45) is 2.41. The Labute approximate surface area is 90.4 Å². The van der Waals surface area contributed by atoms with Crippen LogP contribution >= 0.6 is 15.9 Å². The van der Waals surface area contributed by atoms with Gasteiger partial charge in [-0.1, -0.05) is 12.1 Å². The highest BCUT2D eigenvalue weighted by atomic mass is 79.9. The molecule has 0 bridgehead atoms. The molecule has 2 rings (SSSR count). The lowest BCUT2D eigenvalue weighted by atomic mass is 10.1. The first-order valence-electron chi connectivity index (χ1n) is 4.42. The smallest absolute Gasteiger partial charge is 0.134 e. The van der Waals surface area contributed by atoms with Crippen molar-refractivity contribution in [2.75, 3.05) is 0 Å². The summed E-state index contributed by atoms with van der Waals surface area (Å²) in [5.41, 5.74) is 2.12. The molecule has 0 amide bonds. The summed E-state index contributed by atoms with van der Waals surface area (Å²) >= 11 is 3.44. The molecule has 0 spiro atoms. The number of ketones is 1. The lowest BCUT2D eigenvalue weighted by Crippen LogP contribution is -1.95. The quantitative estimate of drug-likeness (QED) is 0.875. The molecule has 0 fully saturated rings. The van der Waals surface area contributed by atoms with Crippen molar-refractivity contribution in [2.45, 2.75) is 13.3 Å². The second kappa shape index (κ2) is 3.58. The maximum atomic E-state index is 10.9. The molecule has 0 radical (unpaired) electrons. The van der Waals surface area contributed by atoms with E-state index in [-0.39, 0.29) is 5.78 Å². The third kappa shape index (κ3) is 1.73. The van der Waals surface area contributed by atoms with Gasteiger partial charge in [0.15, 0.2) is 0 Å². The Bertz CT molecular complexity index is 487. The Kier molecular flexibility index (Phi) is 2.42. The van der Waals surface area contributed by atoms with Crippen LogP contribution in [0, 0.1) is 0 Å². The lowest BCUT2D eigenvalue weighted by Gasteiger charge is -1.97. The van der Waals surface area contributed by atoms with Gasteiger partial charge in [-0.05, 0) is 34.5 Å². The normalized spacial score (nSPS) is 10.7. The Morgan fingerprint density at radius 3 is 3.00 bits per heavy atom. The van der Waals surface area contributed by atoms with E-state index in [0.29, 0.717) is 6.42 Å². The highest BCUT2D eigenvalue weighted by molar-refractivity contribution is 9.10. The number of halogens is 1. The molecule has 2 nitrogen and oxygen atoms in total. The van der Waals surface area contributed by atoms with Crippen LogP contribution in [0.3, 0.4) is 0 Å². The molecular formula is C11H10BrNO. The van der Waals surface area contributed by atoms with Gasteiger partial charge in [0.2, 0.25) is 0 Å². The second-order valence-electron chi connectivity index (χ2n) is 3.40. The summed E-state index contributed by atoms with van der Waals surface area (Å²) in [4.78, 5) is 14.1. The largest absolute Gasteiger partial charge is 0.360 e. The van der Waals surface area contributed by atoms with Crippen molar-refractivity contribution in [3.8, 4) is 0 Å². The first-order valence-corrected chi connectivity index (χ1v) is 5.21. The highest BCUT2D eigenvalue weighted by Gasteiger charge is 2.03. The van der Waals surface area contributed by atoms with E-state index in [1.54, 1.807) is 6.92 Å². The first-order chi connectivity index (χ1) is 6.66. The van der Waals surface area contributed by atoms with Crippen LogP contribution < -0.4 is 0 Å². The molecule has 0 atom stereocenters. The number of aromatic amines is 1. The van der Waals surface area contributed by atoms with E-state index < -0.39 is 0 Å². The fraction of sp³-hybridized carbons (Fsp3) is 0.182. The number of carbonyl (C=O) groups excluding carboxylic acids is 1. The summed E-state index contributed by atoms with van der Waals surface area (Å²) in [7, 11) is 0. The molecule has 1 N–H and O–H groups in total. The second-order valence-corrected chi connectivity index (χ2v) is 4.25. The maximum absolute atomic E-state index is 10.9. The lowest BCUT2D eigenvalue weighted by molar-refractivity contribution is -0.116. The van der Waals surface area contributed by atoms with Gasteiger partial charge in [0.05, 0.1) is 0 Å². The molecular weight excluding hydrogens is 242 g/mol. The van der Waals surface area contributed by atoms with Gasteiger partial charge in [0, 0.05) is 28.0 Å². The molecule has 14 heavy (non-hydrogen) atoms. The van der Waals surface area contributed by atoms with Gasteiger partial charge in [0.25, 0.3) is 0 Å². The zero-order chi connectivity index (χ0) is 10.1. The Morgan fingerprint density at radius 2 is 2.29 bits per heavy atom. The molecule has 2 aromatic rings. The number of aromatic nitrogens is 1. The van der Waals surface area contributed by atoms with Gasteiger partial charge in [-0.2, -0.15) is 0 Å². The van der Waals surface area contributed by atoms with Crippen LogP contribution in [0.5, 0.6) is 0 Å². The standard InChI is InChI=1S/C11H10BrNO/c1-7(14)4-8-2-3-9-10(12)6-13-11(9)5-8/h2-3,5-6,13H,4H2,1H3. The van der Waals surface area contributed by atoms with Crippen LogP contribution in [0.4, 0.5) is 0 Å². The van der Waals surface area contributed by atoms with Crippen molar-refractivity contribution in [1.29, 1.82) is 0 Å². The molecule has 0 aliphatic heterocycles. The Morgan fingerprint density at radius 1 is 1.50 bits per heavy atom. The monoisotopic (exact) mass is 251 g/mol. The predicted octanol–water partition coefficient (Wildman–Crippen LogP) is 3.06. The Balaban J connectivity index is 2.46. The van der Waals surface area contributed by atoms with E-state index >= 15 is 0 Å². The fourth-order valence-corrected chi connectivity index (χ4v) is 2.00. The third-order valence-corrected chi connectivity index (χ3v) is 2.80. The van der Waals surface area contributed by atoms with Crippen LogP contribution in [0.2, 0.25) is 0 Å². The molecule has 0 aliphatic rings. The minimum Gasteiger partial charge on any atom is -0.360 e. The summed E-state index contributed by atoms with van der Waals surface area (Å²) in [6, 6.07) is 6.03. The number of benzene rings is 1. The minimum absolute atomic E-state index is 0.190. The number of hydrogen-bond donors (Lipinski definition) is 1. The Hall–Kier alpha value is -1.09. The van der Waals surface area contributed by atoms with Gasteiger partial charge in [-0.25, -0.2) is 0 Å². The highest BCUT2D eigenvalue weighted by Crippen LogP contribution is 2.24. The van der Waals surface area contributed by atoms with Gasteiger partial charge in [-0.15, -0.1) is 0 Å². The number of H-pyrrole nitrogens is 1. The van der Waals surface area contributed by atoms with E-state index in [2.05, 4.69) is 20.9 Å². The van der Waals surface area contributed by atoms with E-state index in [1.807, 2.05) is 24.4 Å². The molecule has 3 heteroatoms. The van der Waals surface area contributed by atoms with E-state index in [1.165, 1.54) is 0 Å². The third-order valence-electron chi connectivity index (χ3n) is 2.15. The number of carbonyl (C=O) groups is 1. The van der Waals surface area contributed by atoms with E-state index in [0.717, 1.165) is 20.9 Å². The average molecular weight is 252 g/mol. The first kappa shape index (κ1) is 9.46. The van der Waals surface area contributed by atoms with Crippen molar-refractivity contribution in [2.24, 2.45) is 0 Å². The molecule has 72 valence electrons. The zero-order valence-corrected chi connectivity index (χ0v) is 9.39. The summed E-state index contributed by atoms with van der Waals surface area (Å²) in [5, 5.41) is 1.15. The van der Waals surface area contributed by atoms with Crippen LogP contribution in [0.15, 0.2) is 28.9 Å². The summed E-state index contributed by atoms with van der Waals surface area (Å²) < 4.78 is 1.06. The number of nitrogens with one attached hydrogen (secondary N) is 1. The molecule has 0 saturated heterocycles. The van der Waals surface area contributed by atoms with Crippen molar-refractivity contribution >= 4 is 32.6 Å². The van der Waals surface area contributed by atoms with Crippen LogP contribution in [-0.2, 0) is 11.2 Å². The maximum Gasteiger partial charge on any atom is 0.134 e. The predicted molar refractivity (Wildman–Crippen MR) is 60.4 cm³/mol. The van der Waals surface area contributed by atoms with Gasteiger partial charge in [-0.3, -0.25) is 4.79 Å². The van der Waals surface area contributed by atoms with E-state index in [9.17, 15) is 4.79 Å². The number of Topliss-reactive ketones (excluding diaryl/α,β-unsaturated/α-hetero) is 1. The number of rotatable bonds is 2. The van der Waals surface area contributed by atoms with E-state index in [4.69, 9.17) is 0 Å². The van der Waals surface area contributed by atoms with Crippen LogP contribution in [-0.4, -0.2) is 10.8 Å². The van der Waals surface area contributed by atoms with Crippen molar-refractivity contribution < 1.29 is 4.79 Å². The average Bonchev–Trinajstić information content (AvgIpc) is 2.46. The zero-order valence-electron chi connectivity index (χ0n) is 7.80. The molecule has 0 unspecified atom stereocenters. The van der Waals surface area contributed by atoms with Crippen molar-refractivity contribution in [1.82, 2.24) is 4.98 Å². The van der Waals surface area contributed by atoms with Crippen LogP contribution in [0.1, 0.15) is 12.5 Å². The molecule has 0 saturated carbocycles. The number of fused-ring (bicyclic) bond motifs is 1. The molecule has 0 aliphatic carbocycles. The van der Waals surface area contributed by atoms with Crippen molar-refractivity contribution in [3.05, 3.63) is 34.4 Å². The molecule has 1 heterocycles. The van der Waals surface area contributed by atoms with Crippen molar-refractivity contribution in [3.63, 3.8) is 0 Å². The molecule has 1 aromatic heterocycles.